The number of ether oxygens (including phenoxy) is 1. The highest BCUT2D eigenvalue weighted by atomic mass is 79.9. The molecule has 1 aliphatic heterocycles. The van der Waals surface area contributed by atoms with Gasteiger partial charge in [-0.3, -0.25) is 9.59 Å². The first-order chi connectivity index (χ1) is 33.4. The lowest BCUT2D eigenvalue weighted by atomic mass is 9.90. The third-order valence-electron chi connectivity index (χ3n) is 11.6. The summed E-state index contributed by atoms with van der Waals surface area (Å²) >= 11 is 7.19. The van der Waals surface area contributed by atoms with Crippen molar-refractivity contribution in [3.63, 3.8) is 0 Å². The molecule has 0 fully saturated rings. The first kappa shape index (κ1) is 50.2. The largest absolute Gasteiger partial charge is 0.494 e. The van der Waals surface area contributed by atoms with Crippen LogP contribution in [0.5, 0.6) is 5.75 Å². The summed E-state index contributed by atoms with van der Waals surface area (Å²) in [4.78, 5) is 37.9. The van der Waals surface area contributed by atoms with Gasteiger partial charge in [-0.05, 0) is 123 Å². The fraction of sp³-hybridized carbons (Fsp3) is 0.259. The van der Waals surface area contributed by atoms with Crippen LogP contribution in [0.25, 0.3) is 49.7 Å². The first-order valence-corrected chi connectivity index (χ1v) is 24.6. The average molecular weight is 1060 g/mol. The van der Waals surface area contributed by atoms with Crippen molar-refractivity contribution in [2.24, 2.45) is 0 Å². The van der Waals surface area contributed by atoms with E-state index in [-0.39, 0.29) is 16.8 Å². The van der Waals surface area contributed by atoms with E-state index in [2.05, 4.69) is 76.6 Å². The van der Waals surface area contributed by atoms with Gasteiger partial charge in [-0.2, -0.15) is 0 Å². The Balaban J connectivity index is 0.776. The summed E-state index contributed by atoms with van der Waals surface area (Å²) in [6, 6.07) is 30.2. The number of benzene rings is 5. The van der Waals surface area contributed by atoms with Gasteiger partial charge < -0.3 is 51.0 Å². The van der Waals surface area contributed by atoms with Crippen LogP contribution in [-0.4, -0.2) is 64.9 Å². The molecule has 0 spiro atoms. The van der Waals surface area contributed by atoms with Crippen LogP contribution < -0.4 is 31.8 Å². The number of carbonyl (C=O) groups is 3. The fourth-order valence-electron chi connectivity index (χ4n) is 8.33. The lowest BCUT2D eigenvalue weighted by Crippen LogP contribution is -2.24. The molecule has 0 saturated carbocycles. The predicted molar refractivity (Wildman–Crippen MR) is 281 cm³/mol. The minimum absolute atomic E-state index is 0.00891. The van der Waals surface area contributed by atoms with E-state index in [9.17, 15) is 24.6 Å². The maximum Gasteiger partial charge on any atom is 0.336 e. The lowest BCUT2D eigenvalue weighted by molar-refractivity contribution is -0.132. The Kier molecular flexibility index (Phi) is 17.5. The van der Waals surface area contributed by atoms with Crippen molar-refractivity contribution >= 4 is 99.4 Å². The molecule has 1 unspecified atom stereocenters. The minimum Gasteiger partial charge on any atom is -0.494 e. The molecule has 1 atom stereocenters. The number of hydrogen-bond donors (Lipinski definition) is 7. The van der Waals surface area contributed by atoms with Crippen LogP contribution in [0.3, 0.4) is 0 Å². The summed E-state index contributed by atoms with van der Waals surface area (Å²) < 4.78 is 16.3. The van der Waals surface area contributed by atoms with E-state index >= 15 is 0 Å². The second-order valence-electron chi connectivity index (χ2n) is 16.8. The van der Waals surface area contributed by atoms with Crippen molar-refractivity contribution in [1.29, 1.82) is 5.41 Å². The van der Waals surface area contributed by atoms with E-state index < -0.39 is 18.0 Å². The summed E-state index contributed by atoms with van der Waals surface area (Å²) in [7, 11) is 0. The maximum atomic E-state index is 12.8. The third kappa shape index (κ3) is 13.3. The van der Waals surface area contributed by atoms with Gasteiger partial charge in [-0.25, -0.2) is 4.79 Å². The normalized spacial score (nSPS) is 12.6. The number of carbonyl (C=O) groups excluding carboxylic acids is 2. The van der Waals surface area contributed by atoms with Crippen molar-refractivity contribution in [3.8, 4) is 17.1 Å². The monoisotopic (exact) mass is 1060 g/mol. The molecule has 13 nitrogen and oxygen atoms in total. The van der Waals surface area contributed by atoms with Crippen molar-refractivity contribution in [3.05, 3.63) is 147 Å². The summed E-state index contributed by atoms with van der Waals surface area (Å²) in [6.07, 6.45) is 10.3. The third-order valence-corrected chi connectivity index (χ3v) is 12.6. The zero-order chi connectivity index (χ0) is 48.9. The first-order valence-electron chi connectivity index (χ1n) is 23.0. The number of aliphatic carboxylic acids is 1. The number of carboxylic acid groups (broad SMARTS) is 1. The maximum absolute atomic E-state index is 12.8. The Bertz CT molecular complexity index is 3040. The number of nitrogen functional groups attached to an aromatic ring is 1. The van der Waals surface area contributed by atoms with E-state index in [4.69, 9.17) is 20.3 Å². The summed E-state index contributed by atoms with van der Waals surface area (Å²) in [5.74, 6) is -0.516. The predicted octanol–water partition coefficient (Wildman–Crippen LogP) is 10.7. The van der Waals surface area contributed by atoms with Gasteiger partial charge in [0, 0.05) is 109 Å². The molecule has 2 amide bonds. The Labute approximate surface area is 417 Å². The topological polar surface area (TPSA) is 205 Å². The number of unbranched alkanes of at least 4 members (excludes halogenated alkanes) is 4. The van der Waals surface area contributed by atoms with Crippen LogP contribution >= 0.6 is 31.9 Å². The van der Waals surface area contributed by atoms with Crippen LogP contribution in [0.15, 0.2) is 140 Å². The van der Waals surface area contributed by atoms with Gasteiger partial charge in [-0.1, -0.05) is 56.5 Å². The van der Waals surface area contributed by atoms with Gasteiger partial charge in [0.25, 0.3) is 0 Å². The number of aliphatic hydroxyl groups is 1. The Morgan fingerprint density at radius 2 is 1.54 bits per heavy atom. The molecule has 4 aromatic carbocycles. The van der Waals surface area contributed by atoms with Gasteiger partial charge in [0.05, 0.1) is 30.2 Å². The van der Waals surface area contributed by atoms with Crippen LogP contribution in [0.2, 0.25) is 0 Å². The molecule has 1 aromatic heterocycles. The van der Waals surface area contributed by atoms with Crippen LogP contribution in [0.4, 0.5) is 11.4 Å². The van der Waals surface area contributed by atoms with Crippen molar-refractivity contribution < 1.29 is 33.8 Å². The van der Waals surface area contributed by atoms with Crippen molar-refractivity contribution in [1.82, 2.24) is 15.2 Å². The Morgan fingerprint density at radius 3 is 2.26 bits per heavy atom. The smallest absolute Gasteiger partial charge is 0.336 e. The highest BCUT2D eigenvalue weighted by Gasteiger charge is 2.22. The molecular formula is C54H56Br2N6O7. The number of nitrogens with zero attached hydrogens (tertiary/aromatic N) is 1. The number of rotatable bonds is 23. The van der Waals surface area contributed by atoms with E-state index in [1.54, 1.807) is 55.5 Å². The molecule has 69 heavy (non-hydrogen) atoms. The number of nitrogens with two attached hydrogens (primary N) is 1. The SMILES string of the molecule is CC=CC(=C(C=CC(=O)NCCCCCC(=O)NCCCCCOc1cccc(NCC(O)Cn2c3ccc(Br)cc3c3cc(Br)ccc32)c1)C(=O)O)c1c2ccc(=N)cc-2oc2cc(N)ccc12. The highest BCUT2D eigenvalue weighted by molar-refractivity contribution is 9.10. The fourth-order valence-corrected chi connectivity index (χ4v) is 9.05. The number of aromatic nitrogens is 1. The molecule has 2 aliphatic rings. The van der Waals surface area contributed by atoms with Crippen LogP contribution in [0, 0.1) is 5.41 Å². The Hall–Kier alpha value is -6.68. The van der Waals surface area contributed by atoms with E-state index in [0.717, 1.165) is 67.9 Å². The summed E-state index contributed by atoms with van der Waals surface area (Å²) in [5.41, 5.74) is 11.4. The second-order valence-corrected chi connectivity index (χ2v) is 18.6. The Morgan fingerprint density at radius 1 is 0.812 bits per heavy atom. The van der Waals surface area contributed by atoms with Gasteiger partial charge in [0.2, 0.25) is 11.8 Å². The molecule has 1 aliphatic carbocycles. The number of hydrogen-bond acceptors (Lipinski definition) is 9. The molecule has 0 saturated heterocycles. The minimum atomic E-state index is -1.22. The molecule has 5 aromatic rings. The summed E-state index contributed by atoms with van der Waals surface area (Å²) in [6.45, 7) is 4.09. The average Bonchev–Trinajstić information content (AvgIpc) is 3.61. The van der Waals surface area contributed by atoms with Crippen molar-refractivity contribution in [2.75, 3.05) is 37.3 Å². The van der Waals surface area contributed by atoms with Gasteiger partial charge in [0.15, 0.2) is 0 Å². The zero-order valence-electron chi connectivity index (χ0n) is 38.3. The number of carboxylic acids is 1. The van der Waals surface area contributed by atoms with Gasteiger partial charge in [0.1, 0.15) is 17.1 Å². The lowest BCUT2D eigenvalue weighted by Gasteiger charge is -2.17. The second kappa shape index (κ2) is 24.0. The van der Waals surface area contributed by atoms with Crippen molar-refractivity contribution in [2.45, 2.75) is 64.5 Å². The number of nitrogens with one attached hydrogen (secondary N) is 4. The van der Waals surface area contributed by atoms with Gasteiger partial charge >= 0.3 is 5.97 Å². The molecule has 0 radical (unpaired) electrons. The number of amides is 2. The standard InChI is InChI=1S/C54H56Br2N6O7/c1-2-10-41(53-43-18-16-36(57)29-49(43)69-50-30-37(58)17-19-44(50)53)42(54(66)67)20-23-52(65)60-24-6-3-5-13-51(64)59-25-7-4-8-26-68-40-12-9-11-38(31-40)61-32-39(63)33-62-47-21-14-34(55)27-45(47)46-28-35(56)15-22-48(46)62/h2,9-12,14-23,27-31,39,57,61,63H,3-8,13,24-26,32-33,58H2,1H3,(H,59,64)(H,60,65)(H,66,67). The number of halogens is 2. The van der Waals surface area contributed by atoms with E-state index in [1.165, 1.54) is 12.2 Å². The molecule has 7 rings (SSSR count). The number of anilines is 2. The van der Waals surface area contributed by atoms with E-state index in [1.807, 2.05) is 36.4 Å². The molecule has 15 heteroatoms. The number of aliphatic hydroxyl groups excluding tert-OH is 1. The zero-order valence-corrected chi connectivity index (χ0v) is 41.5. The number of allylic oxidation sites excluding steroid dienone is 3. The highest BCUT2D eigenvalue weighted by Crippen LogP contribution is 2.40. The molecular weight excluding hydrogens is 1000 g/mol. The van der Waals surface area contributed by atoms with Crippen LogP contribution in [-0.2, 0) is 20.9 Å². The number of fused-ring (bicyclic) bond motifs is 5. The molecule has 358 valence electrons. The van der Waals surface area contributed by atoms with E-state index in [0.29, 0.717) is 91.2 Å². The van der Waals surface area contributed by atoms with Gasteiger partial charge in [-0.15, -0.1) is 0 Å². The molecule has 2 heterocycles. The quantitative estimate of drug-likeness (QED) is 0.0107. The molecule has 8 N–H and O–H groups in total. The summed E-state index contributed by atoms with van der Waals surface area (Å²) in [5, 5.41) is 41.8. The molecule has 0 bridgehead atoms. The van der Waals surface area contributed by atoms with Crippen LogP contribution in [0.1, 0.15) is 57.4 Å².